The van der Waals surface area contributed by atoms with Crippen LogP contribution in [0.3, 0.4) is 0 Å². The number of benzene rings is 4. The van der Waals surface area contributed by atoms with Crippen LogP contribution in [0.4, 0.5) is 4.79 Å². The molecular formula is C54H61N5O7S. The average molecular weight is 924 g/mol. The largest absolute Gasteiger partial charge is 0.492 e. The van der Waals surface area contributed by atoms with Gasteiger partial charge in [-0.05, 0) is 69.9 Å². The number of carbonyl (C=O) groups excluding carboxylic acids is 4. The highest BCUT2D eigenvalue weighted by atomic mass is 32.1. The molecule has 0 saturated carbocycles. The van der Waals surface area contributed by atoms with Crippen molar-refractivity contribution in [3.63, 3.8) is 0 Å². The molecule has 4 aromatic carbocycles. The number of likely N-dealkylation sites (N-methyl/N-ethyl adjacent to an activating group) is 1. The normalized spacial score (nSPS) is 15.4. The molecule has 2 heterocycles. The Labute approximate surface area is 398 Å². The van der Waals surface area contributed by atoms with Gasteiger partial charge in [0.15, 0.2) is 0 Å². The van der Waals surface area contributed by atoms with E-state index < -0.39 is 41.5 Å². The fraction of sp³-hybridized carbons (Fsp3) is 0.352. The van der Waals surface area contributed by atoms with E-state index in [-0.39, 0.29) is 51.5 Å². The number of aromatic nitrogens is 1. The molecule has 67 heavy (non-hydrogen) atoms. The maximum absolute atomic E-state index is 14.0. The van der Waals surface area contributed by atoms with Crippen LogP contribution in [0.5, 0.6) is 5.75 Å². The van der Waals surface area contributed by atoms with Crippen molar-refractivity contribution in [3.05, 3.63) is 143 Å². The number of allylic oxidation sites excluding steroid dienone is 1. The second-order valence-electron chi connectivity index (χ2n) is 17.6. The molecule has 0 spiro atoms. The van der Waals surface area contributed by atoms with Crippen LogP contribution in [0.25, 0.3) is 21.6 Å². The summed E-state index contributed by atoms with van der Waals surface area (Å²) in [7, 11) is 1.63. The molecule has 3 atom stereocenters. The molecule has 0 bridgehead atoms. The van der Waals surface area contributed by atoms with Gasteiger partial charge in [-0.25, -0.2) is 9.78 Å². The fourth-order valence-corrected chi connectivity index (χ4v) is 8.73. The van der Waals surface area contributed by atoms with E-state index in [4.69, 9.17) is 9.47 Å². The van der Waals surface area contributed by atoms with Gasteiger partial charge in [-0.1, -0.05) is 137 Å². The maximum Gasteiger partial charge on any atom is 0.409 e. The number of nitrogens with zero attached hydrogens (tertiary/aromatic N) is 3. The molecule has 0 unspecified atom stereocenters. The Balaban J connectivity index is 0.926. The van der Waals surface area contributed by atoms with Crippen molar-refractivity contribution in [2.45, 2.75) is 85.0 Å². The zero-order valence-corrected chi connectivity index (χ0v) is 40.0. The van der Waals surface area contributed by atoms with Gasteiger partial charge >= 0.3 is 6.09 Å². The molecule has 1 aromatic heterocycles. The van der Waals surface area contributed by atoms with E-state index in [0.717, 1.165) is 39.2 Å². The summed E-state index contributed by atoms with van der Waals surface area (Å²) in [5.41, 5.74) is 9.83. The molecule has 1 aliphatic heterocycles. The van der Waals surface area contributed by atoms with Crippen LogP contribution in [-0.2, 0) is 25.7 Å². The molecule has 6 rings (SSSR count). The zero-order valence-electron chi connectivity index (χ0n) is 39.2. The highest BCUT2D eigenvalue weighted by Gasteiger charge is 2.44. The van der Waals surface area contributed by atoms with E-state index in [1.165, 1.54) is 26.5 Å². The third-order valence-electron chi connectivity index (χ3n) is 11.5. The average Bonchev–Trinajstić information content (AvgIpc) is 3.95. The smallest absolute Gasteiger partial charge is 0.409 e. The molecule has 0 radical (unpaired) electrons. The van der Waals surface area contributed by atoms with E-state index in [0.29, 0.717) is 12.3 Å². The standard InChI is InChI=1S/C54H61N5O7S/c1-7-45(39-17-11-8-12-18-39)48(40-19-13-9-14-20-40)41-26-28-44(29-27-41)65-32-30-58(6)53(64)66-31-16-10-15-21-47(61)57-50(54(3,4)5)52(63)59-35-43(60)33-46(59)51(62)55-34-38-22-24-42(25-23-38)49-37(2)56-36-67-49/h8-9,11-14,17-20,22-29,36,43,46,50,60H,7,16,21,30-35H2,1-6H3,(H,55,62)(H,57,61)/b48-45-/t43-,46+,50-/m1/s1. The van der Waals surface area contributed by atoms with Gasteiger partial charge in [0.25, 0.3) is 0 Å². The minimum atomic E-state index is -0.978. The maximum atomic E-state index is 14.0. The topological polar surface area (TPSA) is 150 Å². The molecule has 13 heteroatoms. The van der Waals surface area contributed by atoms with Crippen LogP contribution in [0, 0.1) is 24.2 Å². The minimum Gasteiger partial charge on any atom is -0.492 e. The van der Waals surface area contributed by atoms with E-state index in [1.54, 1.807) is 18.4 Å². The van der Waals surface area contributed by atoms with Gasteiger partial charge in [-0.2, -0.15) is 0 Å². The number of hydrogen-bond acceptors (Lipinski definition) is 9. The van der Waals surface area contributed by atoms with E-state index in [1.807, 2.05) is 81.7 Å². The molecule has 4 amide bonds. The number of thiazole rings is 1. The van der Waals surface area contributed by atoms with Gasteiger partial charge in [0.2, 0.25) is 17.7 Å². The second kappa shape index (κ2) is 23.6. The summed E-state index contributed by atoms with van der Waals surface area (Å²) < 4.78 is 11.4. The molecule has 0 aliphatic carbocycles. The molecular weight excluding hydrogens is 863 g/mol. The minimum absolute atomic E-state index is 0.0270. The molecule has 5 aromatic rings. The lowest BCUT2D eigenvalue weighted by Gasteiger charge is -2.35. The molecule has 3 N–H and O–H groups in total. The molecule has 1 saturated heterocycles. The summed E-state index contributed by atoms with van der Waals surface area (Å²) in [5, 5.41) is 16.3. The van der Waals surface area contributed by atoms with Crippen LogP contribution in [0.2, 0.25) is 0 Å². The van der Waals surface area contributed by atoms with Gasteiger partial charge in [0.05, 0.1) is 35.2 Å². The van der Waals surface area contributed by atoms with Crippen LogP contribution >= 0.6 is 11.3 Å². The predicted octanol–water partition coefficient (Wildman–Crippen LogP) is 8.53. The van der Waals surface area contributed by atoms with Crippen molar-refractivity contribution >= 4 is 46.3 Å². The van der Waals surface area contributed by atoms with Crippen molar-refractivity contribution < 1.29 is 33.8 Å². The third-order valence-corrected chi connectivity index (χ3v) is 12.5. The Morgan fingerprint density at radius 3 is 2.18 bits per heavy atom. The van der Waals surface area contributed by atoms with E-state index >= 15 is 0 Å². The molecule has 1 aliphatic rings. The van der Waals surface area contributed by atoms with Gasteiger partial charge in [0, 0.05) is 33.0 Å². The SMILES string of the molecule is CC/C(=C(\c1ccccc1)c1ccc(OCCN(C)C(=O)OCCC#CCC(=O)N[C@H](C(=O)N2C[C@H](O)C[C@H]2C(=O)NCc2ccc(-c3scnc3C)cc2)C(C)(C)C)cc1)c1ccccc1. The summed E-state index contributed by atoms with van der Waals surface area (Å²) in [5.74, 6) is 5.06. The Morgan fingerprint density at radius 2 is 1.55 bits per heavy atom. The first-order chi connectivity index (χ1) is 32.2. The Kier molecular flexibility index (Phi) is 17.5. The predicted molar refractivity (Wildman–Crippen MR) is 264 cm³/mol. The first kappa shape index (κ1) is 49.7. The number of nitrogens with one attached hydrogen (secondary N) is 2. The number of aliphatic hydroxyl groups excluding tert-OH is 1. The van der Waals surface area contributed by atoms with Gasteiger partial charge in [-0.15, -0.1) is 11.3 Å². The Morgan fingerprint density at radius 1 is 0.896 bits per heavy atom. The Bertz CT molecular complexity index is 2540. The van der Waals surface area contributed by atoms with Crippen LogP contribution in [0.15, 0.2) is 115 Å². The summed E-state index contributed by atoms with van der Waals surface area (Å²) >= 11 is 1.57. The van der Waals surface area contributed by atoms with Gasteiger partial charge < -0.3 is 35.0 Å². The van der Waals surface area contributed by atoms with E-state index in [9.17, 15) is 24.3 Å². The number of amides is 4. The number of carbonyl (C=O) groups is 4. The fourth-order valence-electron chi connectivity index (χ4n) is 7.92. The summed E-state index contributed by atoms with van der Waals surface area (Å²) in [6.45, 7) is 10.4. The summed E-state index contributed by atoms with van der Waals surface area (Å²) in [4.78, 5) is 61.4. The van der Waals surface area contributed by atoms with Crippen molar-refractivity contribution in [3.8, 4) is 28.0 Å². The zero-order chi connectivity index (χ0) is 47.9. The lowest BCUT2D eigenvalue weighted by molar-refractivity contribution is -0.143. The number of rotatable bonds is 17. The number of aryl methyl sites for hydroxylation is 1. The van der Waals surface area contributed by atoms with Gasteiger partial charge in [-0.3, -0.25) is 14.4 Å². The van der Waals surface area contributed by atoms with Crippen LogP contribution in [0.1, 0.15) is 81.3 Å². The number of likely N-dealkylation sites (tertiary alicyclic amines) is 1. The highest BCUT2D eigenvalue weighted by Crippen LogP contribution is 2.35. The second-order valence-corrected chi connectivity index (χ2v) is 18.4. The first-order valence-electron chi connectivity index (χ1n) is 22.7. The number of hydrogen-bond donors (Lipinski definition) is 3. The molecule has 350 valence electrons. The highest BCUT2D eigenvalue weighted by molar-refractivity contribution is 7.13. The number of ether oxygens (including phenoxy) is 2. The molecule has 1 fully saturated rings. The summed E-state index contributed by atoms with van der Waals surface area (Å²) in [6.07, 6.45) is -0.427. The van der Waals surface area contributed by atoms with Crippen molar-refractivity contribution in [2.24, 2.45) is 5.41 Å². The van der Waals surface area contributed by atoms with Crippen molar-refractivity contribution in [2.75, 3.05) is 33.4 Å². The molecule has 12 nitrogen and oxygen atoms in total. The van der Waals surface area contributed by atoms with Crippen molar-refractivity contribution in [1.29, 1.82) is 0 Å². The first-order valence-corrected chi connectivity index (χ1v) is 23.6. The number of aliphatic hydroxyl groups is 1. The monoisotopic (exact) mass is 923 g/mol. The number of β-amino-alcohol motifs (C(OH)–C–C–N with tert-alkyl or cyclic N) is 1. The van der Waals surface area contributed by atoms with E-state index in [2.05, 4.69) is 95.0 Å². The lowest BCUT2D eigenvalue weighted by atomic mass is 9.85. The van der Waals surface area contributed by atoms with Crippen LogP contribution < -0.4 is 15.4 Å². The summed E-state index contributed by atoms with van der Waals surface area (Å²) in [6, 6.07) is 34.8. The van der Waals surface area contributed by atoms with Gasteiger partial charge in [0.1, 0.15) is 31.0 Å². The van der Waals surface area contributed by atoms with Crippen LogP contribution in [-0.4, -0.2) is 95.2 Å². The Hall–Kier alpha value is -6.75. The quantitative estimate of drug-likeness (QED) is 0.0478. The van der Waals surface area contributed by atoms with Crippen molar-refractivity contribution in [1.82, 2.24) is 25.4 Å². The lowest BCUT2D eigenvalue weighted by Crippen LogP contribution is -2.57. The third kappa shape index (κ3) is 13.7.